The maximum absolute atomic E-state index is 12.6. The van der Waals surface area contributed by atoms with E-state index in [1.807, 2.05) is 47.4 Å². The van der Waals surface area contributed by atoms with Crippen LogP contribution in [0.4, 0.5) is 0 Å². The Morgan fingerprint density at radius 3 is 2.77 bits per heavy atom. The Morgan fingerprint density at radius 1 is 1.15 bits per heavy atom. The number of aromatic nitrogens is 1. The fourth-order valence-electron chi connectivity index (χ4n) is 3.50. The zero-order valence-electron chi connectivity index (χ0n) is 14.5. The summed E-state index contributed by atoms with van der Waals surface area (Å²) < 4.78 is 0. The maximum atomic E-state index is 12.6. The molecule has 26 heavy (non-hydrogen) atoms. The van der Waals surface area contributed by atoms with Crippen molar-refractivity contribution in [2.45, 2.75) is 19.1 Å². The smallest absolute Gasteiger partial charge is 0.232 e. The third kappa shape index (κ3) is 3.50. The summed E-state index contributed by atoms with van der Waals surface area (Å²) in [7, 11) is 0. The number of fused-ring (bicyclic) bond motifs is 3. The van der Waals surface area contributed by atoms with Crippen LogP contribution < -0.4 is 0 Å². The van der Waals surface area contributed by atoms with Gasteiger partial charge in [0.15, 0.2) is 0 Å². The van der Waals surface area contributed by atoms with Crippen LogP contribution >= 0.6 is 11.8 Å². The van der Waals surface area contributed by atoms with Crippen molar-refractivity contribution in [3.8, 4) is 0 Å². The Balaban J connectivity index is 1.34. The zero-order chi connectivity index (χ0) is 17.9. The number of thioether (sulfide) groups is 1. The van der Waals surface area contributed by atoms with Gasteiger partial charge in [0.1, 0.15) is 0 Å². The molecule has 2 aromatic carbocycles. The fourth-order valence-corrected chi connectivity index (χ4v) is 4.39. The van der Waals surface area contributed by atoms with Gasteiger partial charge in [-0.3, -0.25) is 4.79 Å². The first-order valence-corrected chi connectivity index (χ1v) is 10.0. The second-order valence-electron chi connectivity index (χ2n) is 6.63. The fraction of sp³-hybridized carbons (Fsp3) is 0.286. The number of aliphatic hydroxyl groups excluding tert-OH is 1. The molecule has 0 bridgehead atoms. The largest absolute Gasteiger partial charge is 0.388 e. The van der Waals surface area contributed by atoms with Crippen LogP contribution in [0.1, 0.15) is 22.9 Å². The van der Waals surface area contributed by atoms with Crippen molar-refractivity contribution in [3.63, 3.8) is 0 Å². The Hall–Kier alpha value is -2.24. The Kier molecular flexibility index (Phi) is 5.00. The summed E-state index contributed by atoms with van der Waals surface area (Å²) in [6.07, 6.45) is 0.336. The van der Waals surface area contributed by atoms with Crippen LogP contribution in [-0.4, -0.2) is 38.9 Å². The highest BCUT2D eigenvalue weighted by Gasteiger charge is 2.23. The molecule has 0 saturated carbocycles. The average molecular weight is 366 g/mol. The molecule has 5 heteroatoms. The van der Waals surface area contributed by atoms with Gasteiger partial charge in [-0.05, 0) is 11.6 Å². The van der Waals surface area contributed by atoms with E-state index < -0.39 is 6.10 Å². The van der Waals surface area contributed by atoms with Crippen molar-refractivity contribution in [2.24, 2.45) is 0 Å². The highest BCUT2D eigenvalue weighted by atomic mass is 32.2. The Labute approximate surface area is 157 Å². The first-order chi connectivity index (χ1) is 12.7. The molecule has 2 N–H and O–H groups in total. The average Bonchev–Trinajstić information content (AvgIpc) is 3.06. The molecule has 1 aliphatic heterocycles. The molecule has 1 aliphatic rings. The predicted octanol–water partition coefficient (Wildman–Crippen LogP) is 3.52. The van der Waals surface area contributed by atoms with Gasteiger partial charge in [0.2, 0.25) is 5.91 Å². The molecule has 4 rings (SSSR count). The van der Waals surface area contributed by atoms with E-state index in [-0.39, 0.29) is 5.91 Å². The van der Waals surface area contributed by atoms with Crippen LogP contribution in [0.3, 0.4) is 0 Å². The molecule has 0 fully saturated rings. The second-order valence-corrected chi connectivity index (χ2v) is 7.66. The number of nitrogens with zero attached hydrogens (tertiary/aromatic N) is 1. The third-order valence-corrected chi connectivity index (χ3v) is 5.92. The van der Waals surface area contributed by atoms with Gasteiger partial charge in [-0.1, -0.05) is 48.5 Å². The minimum absolute atomic E-state index is 0.145. The van der Waals surface area contributed by atoms with Gasteiger partial charge in [0.25, 0.3) is 0 Å². The number of carbonyl (C=O) groups excluding carboxylic acids is 1. The van der Waals surface area contributed by atoms with Crippen LogP contribution in [0, 0.1) is 0 Å². The standard InChI is InChI=1S/C21H22N2O2S/c24-20(15-6-2-1-3-7-15)13-26-14-21(25)23-11-10-19-17(12-23)16-8-4-5-9-18(16)22-19/h1-9,20,22,24H,10-14H2. The minimum Gasteiger partial charge on any atom is -0.388 e. The molecule has 2 heterocycles. The lowest BCUT2D eigenvalue weighted by Crippen LogP contribution is -2.37. The number of benzene rings is 2. The number of rotatable bonds is 5. The number of H-pyrrole nitrogens is 1. The quantitative estimate of drug-likeness (QED) is 0.726. The van der Waals surface area contributed by atoms with E-state index in [1.54, 1.807) is 0 Å². The summed E-state index contributed by atoms with van der Waals surface area (Å²) in [5.74, 6) is 1.08. The number of para-hydroxylation sites is 1. The summed E-state index contributed by atoms with van der Waals surface area (Å²) in [6, 6.07) is 17.9. The van der Waals surface area contributed by atoms with Gasteiger partial charge in [-0.2, -0.15) is 0 Å². The molecule has 134 valence electrons. The van der Waals surface area contributed by atoms with Crippen molar-refractivity contribution in [2.75, 3.05) is 18.1 Å². The highest BCUT2D eigenvalue weighted by Crippen LogP contribution is 2.28. The monoisotopic (exact) mass is 366 g/mol. The highest BCUT2D eigenvalue weighted by molar-refractivity contribution is 7.99. The number of aromatic amines is 1. The van der Waals surface area contributed by atoms with Gasteiger partial charge >= 0.3 is 0 Å². The van der Waals surface area contributed by atoms with Crippen molar-refractivity contribution in [1.29, 1.82) is 0 Å². The Morgan fingerprint density at radius 2 is 1.92 bits per heavy atom. The number of amides is 1. The van der Waals surface area contributed by atoms with E-state index >= 15 is 0 Å². The molecule has 0 radical (unpaired) electrons. The van der Waals surface area contributed by atoms with Gasteiger partial charge in [0, 0.05) is 47.4 Å². The first-order valence-electron chi connectivity index (χ1n) is 8.89. The molecule has 0 aliphatic carbocycles. The van der Waals surface area contributed by atoms with E-state index in [4.69, 9.17) is 0 Å². The molecule has 1 unspecified atom stereocenters. The molecule has 1 atom stereocenters. The molecule has 0 saturated heterocycles. The van der Waals surface area contributed by atoms with Gasteiger partial charge < -0.3 is 15.0 Å². The molecular weight excluding hydrogens is 344 g/mol. The molecule has 3 aromatic rings. The Bertz CT molecular complexity index is 907. The summed E-state index contributed by atoms with van der Waals surface area (Å²) in [5.41, 5.74) is 4.54. The second kappa shape index (κ2) is 7.56. The minimum atomic E-state index is -0.532. The van der Waals surface area contributed by atoms with E-state index in [0.717, 1.165) is 24.0 Å². The lowest BCUT2D eigenvalue weighted by Gasteiger charge is -2.27. The SMILES string of the molecule is O=C(CSCC(O)c1ccccc1)N1CCc2[nH]c3ccccc3c2C1. The summed E-state index contributed by atoms with van der Waals surface area (Å²) in [4.78, 5) is 18.0. The number of carbonyl (C=O) groups is 1. The van der Waals surface area contributed by atoms with Crippen molar-refractivity contribution in [3.05, 3.63) is 71.4 Å². The topological polar surface area (TPSA) is 56.3 Å². The van der Waals surface area contributed by atoms with E-state index in [2.05, 4.69) is 17.1 Å². The molecular formula is C21H22N2O2S. The zero-order valence-corrected chi connectivity index (χ0v) is 15.3. The van der Waals surface area contributed by atoms with Crippen molar-refractivity contribution in [1.82, 2.24) is 9.88 Å². The van der Waals surface area contributed by atoms with Gasteiger partial charge in [-0.15, -0.1) is 11.8 Å². The van der Waals surface area contributed by atoms with E-state index in [1.165, 1.54) is 28.4 Å². The maximum Gasteiger partial charge on any atom is 0.232 e. The van der Waals surface area contributed by atoms with Crippen LogP contribution in [0.15, 0.2) is 54.6 Å². The summed E-state index contributed by atoms with van der Waals surface area (Å²) in [6.45, 7) is 1.42. The molecule has 1 amide bonds. The van der Waals surface area contributed by atoms with Crippen molar-refractivity contribution < 1.29 is 9.90 Å². The predicted molar refractivity (Wildman–Crippen MR) is 106 cm³/mol. The van der Waals surface area contributed by atoms with Crippen molar-refractivity contribution >= 4 is 28.6 Å². The van der Waals surface area contributed by atoms with Gasteiger partial charge in [0.05, 0.1) is 11.9 Å². The van der Waals surface area contributed by atoms with E-state index in [9.17, 15) is 9.90 Å². The summed E-state index contributed by atoms with van der Waals surface area (Å²) >= 11 is 1.50. The molecule has 4 nitrogen and oxygen atoms in total. The lowest BCUT2D eigenvalue weighted by atomic mass is 10.0. The number of hydrogen-bond acceptors (Lipinski definition) is 3. The molecule has 0 spiro atoms. The first kappa shape index (κ1) is 17.2. The number of nitrogens with one attached hydrogen (secondary N) is 1. The van der Waals surface area contributed by atoms with Crippen LogP contribution in [0.2, 0.25) is 0 Å². The summed E-state index contributed by atoms with van der Waals surface area (Å²) in [5, 5.41) is 11.4. The lowest BCUT2D eigenvalue weighted by molar-refractivity contribution is -0.129. The number of aliphatic hydroxyl groups is 1. The molecule has 1 aromatic heterocycles. The van der Waals surface area contributed by atoms with E-state index in [0.29, 0.717) is 18.1 Å². The van der Waals surface area contributed by atoms with Crippen LogP contribution in [-0.2, 0) is 17.8 Å². The van der Waals surface area contributed by atoms with Gasteiger partial charge in [-0.25, -0.2) is 0 Å². The normalized spacial score (nSPS) is 15.0. The number of hydrogen-bond donors (Lipinski definition) is 2. The van der Waals surface area contributed by atoms with Crippen LogP contribution in [0.5, 0.6) is 0 Å². The third-order valence-electron chi connectivity index (χ3n) is 4.92. The van der Waals surface area contributed by atoms with Crippen LogP contribution in [0.25, 0.3) is 10.9 Å².